The second-order valence-electron chi connectivity index (χ2n) is 19.1. The Morgan fingerprint density at radius 1 is 0.457 bits per heavy atom. The van der Waals surface area contributed by atoms with Crippen molar-refractivity contribution in [3.63, 3.8) is 0 Å². The lowest BCUT2D eigenvalue weighted by Gasteiger charge is -2.42. The van der Waals surface area contributed by atoms with Crippen LogP contribution >= 0.6 is 0 Å². The molecule has 0 aromatic heterocycles. The van der Waals surface area contributed by atoms with Gasteiger partial charge in [-0.25, -0.2) is 0 Å². The summed E-state index contributed by atoms with van der Waals surface area (Å²) < 4.78 is 33.5. The maximum Gasteiger partial charge on any atom is 0.306 e. The van der Waals surface area contributed by atoms with Gasteiger partial charge in [0.1, 0.15) is 55.4 Å². The summed E-state index contributed by atoms with van der Waals surface area (Å²) >= 11 is 0. The molecule has 0 spiro atoms. The molecule has 2 rings (SSSR count). The summed E-state index contributed by atoms with van der Waals surface area (Å²) in [6, 6.07) is 0. The van der Waals surface area contributed by atoms with Crippen LogP contribution in [0.25, 0.3) is 0 Å². The molecule has 0 aromatic carbocycles. The summed E-state index contributed by atoms with van der Waals surface area (Å²) in [7, 11) is 0. The highest BCUT2D eigenvalue weighted by Crippen LogP contribution is 2.26. The van der Waals surface area contributed by atoms with Crippen molar-refractivity contribution in [1.82, 2.24) is 0 Å². The van der Waals surface area contributed by atoms with Crippen LogP contribution in [0.2, 0.25) is 0 Å². The van der Waals surface area contributed by atoms with Crippen molar-refractivity contribution in [2.24, 2.45) is 0 Å². The molecule has 4 unspecified atom stereocenters. The van der Waals surface area contributed by atoms with Crippen molar-refractivity contribution in [3.05, 3.63) is 48.6 Å². The van der Waals surface area contributed by atoms with Crippen molar-refractivity contribution < 1.29 is 73.8 Å². The molecule has 11 atom stereocenters. The standard InChI is InChI=1S/C55H96O15/c1-3-5-7-9-11-13-15-17-18-19-20-21-22-23-24-26-27-29-31-33-35-37-46(57)65-40-43(68-47(58)38-36-34-32-30-28-25-16-14-12-10-8-6-4-2)41-66-54-53(64)51(62)49(60)45(70-54)42-67-55-52(63)50(61)48(59)44(39-56)69-55/h18-19,21-22,24,26,29,31,43-45,48-56,59-64H,3-17,20,23,25,27-28,30,32-42H2,1-2H3/b19-18+,22-21+,26-24+,31-29+/t43-,44+,45+,48-,49-,50?,51?,52?,53?,54+,55+/m0/s1. The molecule has 2 aliphatic heterocycles. The first-order valence-electron chi connectivity index (χ1n) is 27.2. The fraction of sp³-hybridized carbons (Fsp3) is 0.818. The molecule has 0 radical (unpaired) electrons. The molecule has 70 heavy (non-hydrogen) atoms. The maximum atomic E-state index is 13.0. The van der Waals surface area contributed by atoms with E-state index in [-0.39, 0.29) is 19.4 Å². The molecule has 15 nitrogen and oxygen atoms in total. The lowest BCUT2D eigenvalue weighted by Crippen LogP contribution is -2.61. The third-order valence-electron chi connectivity index (χ3n) is 12.8. The van der Waals surface area contributed by atoms with E-state index in [0.717, 1.165) is 44.9 Å². The Hall–Kier alpha value is -2.54. The minimum atomic E-state index is -1.77. The first-order valence-corrected chi connectivity index (χ1v) is 27.2. The van der Waals surface area contributed by atoms with Gasteiger partial charge < -0.3 is 64.2 Å². The minimum absolute atomic E-state index is 0.142. The number of hydrogen-bond donors (Lipinski definition) is 7. The van der Waals surface area contributed by atoms with E-state index in [4.69, 9.17) is 28.4 Å². The van der Waals surface area contributed by atoms with Gasteiger partial charge in [0, 0.05) is 12.8 Å². The van der Waals surface area contributed by atoms with Crippen LogP contribution in [-0.2, 0) is 38.0 Å². The highest BCUT2D eigenvalue weighted by atomic mass is 16.7. The number of aliphatic hydroxyl groups excluding tert-OH is 7. The predicted octanol–water partition coefficient (Wildman–Crippen LogP) is 8.27. The summed E-state index contributed by atoms with van der Waals surface area (Å²) in [6.07, 6.45) is 30.0. The summed E-state index contributed by atoms with van der Waals surface area (Å²) in [5, 5.41) is 72.1. The largest absolute Gasteiger partial charge is 0.462 e. The quantitative estimate of drug-likeness (QED) is 0.0173. The molecular formula is C55H96O15. The fourth-order valence-corrected chi connectivity index (χ4v) is 8.33. The van der Waals surface area contributed by atoms with Gasteiger partial charge in [-0.05, 0) is 51.4 Å². The lowest BCUT2D eigenvalue weighted by atomic mass is 9.98. The van der Waals surface area contributed by atoms with E-state index in [1.165, 1.54) is 103 Å². The zero-order valence-electron chi connectivity index (χ0n) is 43.0. The van der Waals surface area contributed by atoms with E-state index in [1.807, 2.05) is 6.08 Å². The Kier molecular flexibility index (Phi) is 38.0. The van der Waals surface area contributed by atoms with Crippen molar-refractivity contribution in [2.75, 3.05) is 26.4 Å². The third kappa shape index (κ3) is 29.2. The summed E-state index contributed by atoms with van der Waals surface area (Å²) in [5.41, 5.74) is 0. The van der Waals surface area contributed by atoms with Crippen LogP contribution < -0.4 is 0 Å². The molecule has 2 saturated heterocycles. The van der Waals surface area contributed by atoms with Crippen LogP contribution in [0.5, 0.6) is 0 Å². The van der Waals surface area contributed by atoms with Crippen LogP contribution in [0.1, 0.15) is 194 Å². The van der Waals surface area contributed by atoms with Crippen molar-refractivity contribution >= 4 is 11.9 Å². The zero-order valence-corrected chi connectivity index (χ0v) is 43.0. The van der Waals surface area contributed by atoms with Crippen LogP contribution in [0, 0.1) is 0 Å². The number of aliphatic hydroxyl groups is 7. The normalized spacial score (nSPS) is 25.7. The highest BCUT2D eigenvalue weighted by molar-refractivity contribution is 5.70. The fourth-order valence-electron chi connectivity index (χ4n) is 8.33. The van der Waals surface area contributed by atoms with Gasteiger partial charge in [-0.15, -0.1) is 0 Å². The number of hydrogen-bond acceptors (Lipinski definition) is 15. The van der Waals surface area contributed by atoms with E-state index >= 15 is 0 Å². The molecule has 2 heterocycles. The molecule has 0 aliphatic carbocycles. The van der Waals surface area contributed by atoms with Crippen LogP contribution in [0.3, 0.4) is 0 Å². The van der Waals surface area contributed by atoms with Crippen LogP contribution in [-0.4, -0.2) is 142 Å². The summed E-state index contributed by atoms with van der Waals surface area (Å²) in [6.45, 7) is 2.54. The number of ether oxygens (including phenoxy) is 6. The Bertz CT molecular complexity index is 1400. The number of rotatable bonds is 42. The van der Waals surface area contributed by atoms with E-state index < -0.39 is 99.3 Å². The second-order valence-corrected chi connectivity index (χ2v) is 19.1. The van der Waals surface area contributed by atoms with Gasteiger partial charge >= 0.3 is 11.9 Å². The van der Waals surface area contributed by atoms with Crippen LogP contribution in [0.4, 0.5) is 0 Å². The summed E-state index contributed by atoms with van der Waals surface area (Å²) in [4.78, 5) is 25.8. The molecule has 0 bridgehead atoms. The van der Waals surface area contributed by atoms with Gasteiger partial charge in [0.2, 0.25) is 0 Å². The smallest absolute Gasteiger partial charge is 0.306 e. The molecule has 2 fully saturated rings. The topological polar surface area (TPSA) is 231 Å². The number of unbranched alkanes of at least 4 members (excludes halogenated alkanes) is 20. The van der Waals surface area contributed by atoms with E-state index in [1.54, 1.807) is 0 Å². The average Bonchev–Trinajstić information content (AvgIpc) is 3.35. The Balaban J connectivity index is 1.80. The van der Waals surface area contributed by atoms with Gasteiger partial charge in [0.05, 0.1) is 19.8 Å². The Labute approximate surface area is 420 Å². The molecule has 0 saturated carbocycles. The van der Waals surface area contributed by atoms with E-state index in [2.05, 4.69) is 56.4 Å². The molecule has 7 N–H and O–H groups in total. The Morgan fingerprint density at radius 3 is 1.39 bits per heavy atom. The molecule has 2 aliphatic rings. The molecule has 406 valence electrons. The van der Waals surface area contributed by atoms with Crippen LogP contribution in [0.15, 0.2) is 48.6 Å². The first kappa shape index (κ1) is 63.6. The average molecular weight is 997 g/mol. The van der Waals surface area contributed by atoms with Gasteiger partial charge in [-0.1, -0.05) is 178 Å². The van der Waals surface area contributed by atoms with E-state index in [0.29, 0.717) is 19.3 Å². The molecular weight excluding hydrogens is 901 g/mol. The van der Waals surface area contributed by atoms with Gasteiger partial charge in [0.25, 0.3) is 0 Å². The Morgan fingerprint density at radius 2 is 0.871 bits per heavy atom. The monoisotopic (exact) mass is 997 g/mol. The van der Waals surface area contributed by atoms with Gasteiger partial charge in [0.15, 0.2) is 18.7 Å². The van der Waals surface area contributed by atoms with Gasteiger partial charge in [-0.2, -0.15) is 0 Å². The second kappa shape index (κ2) is 41.9. The number of carbonyl (C=O) groups is 2. The van der Waals surface area contributed by atoms with Crippen molar-refractivity contribution in [1.29, 1.82) is 0 Å². The van der Waals surface area contributed by atoms with Gasteiger partial charge in [-0.3, -0.25) is 9.59 Å². The molecule has 0 aromatic rings. The maximum absolute atomic E-state index is 13.0. The van der Waals surface area contributed by atoms with Crippen molar-refractivity contribution in [3.8, 4) is 0 Å². The predicted molar refractivity (Wildman–Crippen MR) is 270 cm³/mol. The lowest BCUT2D eigenvalue weighted by molar-refractivity contribution is -0.332. The first-order chi connectivity index (χ1) is 34.0. The van der Waals surface area contributed by atoms with E-state index in [9.17, 15) is 45.3 Å². The SMILES string of the molecule is CCCCCCCCC/C=C/C/C=C/C/C=C/C/C=C/CCCC(=O)OC[C@@H](CO[C@@H]1O[C@H](CO[C@@H]2O[C@H](CO)[C@H](O)C(O)C2O)[C@H](O)C(O)C1O)OC(=O)CCCCCCCCCCCCCCC. The highest BCUT2D eigenvalue weighted by Gasteiger charge is 2.47. The number of allylic oxidation sites excluding steroid dienone is 8. The number of carbonyl (C=O) groups excluding carboxylic acids is 2. The number of esters is 2. The zero-order chi connectivity index (χ0) is 51.0. The minimum Gasteiger partial charge on any atom is -0.462 e. The summed E-state index contributed by atoms with van der Waals surface area (Å²) in [5.74, 6) is -0.987. The third-order valence-corrected chi connectivity index (χ3v) is 12.8. The van der Waals surface area contributed by atoms with Crippen molar-refractivity contribution in [2.45, 2.75) is 261 Å². The molecule has 0 amide bonds. The molecule has 15 heteroatoms.